The average molecular weight is 388 g/mol. The third-order valence-corrected chi connectivity index (χ3v) is 6.23. The first-order chi connectivity index (χ1) is 9.71. The van der Waals surface area contributed by atoms with Gasteiger partial charge in [-0.05, 0) is 48.8 Å². The number of thiophene rings is 2. The van der Waals surface area contributed by atoms with Gasteiger partial charge in [-0.15, -0.1) is 39.7 Å². The minimum absolute atomic E-state index is 0. The lowest BCUT2D eigenvalue weighted by Crippen LogP contribution is -2.40. The summed E-state index contributed by atoms with van der Waals surface area (Å²) < 4.78 is 0. The average Bonchev–Trinajstić information content (AvgIpc) is 3.19. The summed E-state index contributed by atoms with van der Waals surface area (Å²) >= 11 is 3.30. The summed E-state index contributed by atoms with van der Waals surface area (Å²) in [6.45, 7) is 5.49. The fourth-order valence-electron chi connectivity index (χ4n) is 3.08. The van der Waals surface area contributed by atoms with Crippen molar-refractivity contribution in [3.8, 4) is 0 Å². The highest BCUT2D eigenvalue weighted by atomic mass is 79.9. The van der Waals surface area contributed by atoms with Crippen LogP contribution in [0.5, 0.6) is 0 Å². The molecule has 1 atom stereocenters. The highest BCUT2D eigenvalue weighted by Gasteiger charge is 2.40. The van der Waals surface area contributed by atoms with Crippen LogP contribution in [0, 0.1) is 5.92 Å². The molecule has 1 N–H and O–H groups in total. The summed E-state index contributed by atoms with van der Waals surface area (Å²) in [5.74, 6) is 0.192. The largest absolute Gasteiger partial charge is 0.378 e. The van der Waals surface area contributed by atoms with Gasteiger partial charge >= 0.3 is 0 Å². The molecule has 2 aromatic rings. The summed E-state index contributed by atoms with van der Waals surface area (Å²) in [7, 11) is 0. The molecule has 1 aliphatic heterocycles. The summed E-state index contributed by atoms with van der Waals surface area (Å²) in [6.07, 6.45) is 2.59. The molecule has 3 heterocycles. The van der Waals surface area contributed by atoms with Gasteiger partial charge in [0, 0.05) is 22.2 Å². The van der Waals surface area contributed by atoms with Crippen molar-refractivity contribution >= 4 is 39.7 Å². The molecule has 1 aliphatic rings. The van der Waals surface area contributed by atoms with E-state index < -0.39 is 5.60 Å². The zero-order chi connectivity index (χ0) is 14.0. The van der Waals surface area contributed by atoms with Gasteiger partial charge in [-0.2, -0.15) is 0 Å². The summed E-state index contributed by atoms with van der Waals surface area (Å²) in [5.41, 5.74) is -0.842. The monoisotopic (exact) mass is 387 g/mol. The predicted molar refractivity (Wildman–Crippen MR) is 96.8 cm³/mol. The summed E-state index contributed by atoms with van der Waals surface area (Å²) in [5, 5.41) is 15.6. The van der Waals surface area contributed by atoms with Crippen molar-refractivity contribution in [2.24, 2.45) is 5.92 Å². The van der Waals surface area contributed by atoms with E-state index in [9.17, 15) is 5.11 Å². The van der Waals surface area contributed by atoms with E-state index in [4.69, 9.17) is 0 Å². The van der Waals surface area contributed by atoms with Crippen molar-refractivity contribution < 1.29 is 5.11 Å². The molecule has 0 aromatic carbocycles. The third kappa shape index (κ3) is 3.42. The fourth-order valence-corrected chi connectivity index (χ4v) is 5.05. The Morgan fingerprint density at radius 2 is 1.67 bits per heavy atom. The molecule has 2 nitrogen and oxygen atoms in total. The van der Waals surface area contributed by atoms with Crippen molar-refractivity contribution in [3.63, 3.8) is 0 Å². The molecular weight excluding hydrogens is 366 g/mol. The van der Waals surface area contributed by atoms with Gasteiger partial charge in [0.25, 0.3) is 0 Å². The Bertz CT molecular complexity index is 486. The lowest BCUT2D eigenvalue weighted by atomic mass is 9.85. The molecule has 5 heteroatoms. The Morgan fingerprint density at radius 3 is 2.10 bits per heavy atom. The normalized spacial score (nSPS) is 17.6. The van der Waals surface area contributed by atoms with Gasteiger partial charge in [0.1, 0.15) is 5.60 Å². The maximum absolute atomic E-state index is 11.5. The first-order valence-electron chi connectivity index (χ1n) is 7.24. The number of hydrogen-bond donors (Lipinski definition) is 1. The molecule has 1 fully saturated rings. The van der Waals surface area contributed by atoms with E-state index in [0.717, 1.165) is 16.3 Å². The van der Waals surface area contributed by atoms with Crippen LogP contribution < -0.4 is 0 Å². The van der Waals surface area contributed by atoms with E-state index in [2.05, 4.69) is 34.7 Å². The molecule has 1 saturated heterocycles. The SMILES string of the molecule is Br.CC(CN1CCCC1)C(O)(c1cccs1)c1cccs1. The highest BCUT2D eigenvalue weighted by molar-refractivity contribution is 8.93. The van der Waals surface area contributed by atoms with Gasteiger partial charge in [-0.25, -0.2) is 0 Å². The fraction of sp³-hybridized carbons (Fsp3) is 0.500. The minimum atomic E-state index is -0.842. The summed E-state index contributed by atoms with van der Waals surface area (Å²) in [6, 6.07) is 8.18. The van der Waals surface area contributed by atoms with Gasteiger partial charge in [-0.3, -0.25) is 0 Å². The number of hydrogen-bond acceptors (Lipinski definition) is 4. The zero-order valence-electron chi connectivity index (χ0n) is 12.2. The van der Waals surface area contributed by atoms with Crippen LogP contribution in [0.4, 0.5) is 0 Å². The molecule has 0 radical (unpaired) electrons. The number of halogens is 1. The minimum Gasteiger partial charge on any atom is -0.378 e. The van der Waals surface area contributed by atoms with E-state index in [-0.39, 0.29) is 22.9 Å². The van der Waals surface area contributed by atoms with Crippen LogP contribution in [0.3, 0.4) is 0 Å². The second-order valence-electron chi connectivity index (χ2n) is 5.63. The first kappa shape index (κ1) is 17.2. The highest BCUT2D eigenvalue weighted by Crippen LogP contribution is 2.41. The van der Waals surface area contributed by atoms with Crippen LogP contribution in [-0.4, -0.2) is 29.6 Å². The number of rotatable bonds is 5. The van der Waals surface area contributed by atoms with Crippen molar-refractivity contribution in [2.75, 3.05) is 19.6 Å². The third-order valence-electron chi connectivity index (χ3n) is 4.24. The van der Waals surface area contributed by atoms with Gasteiger partial charge in [0.05, 0.1) is 0 Å². The van der Waals surface area contributed by atoms with E-state index in [1.807, 2.05) is 12.1 Å². The lowest BCUT2D eigenvalue weighted by molar-refractivity contribution is 0.0169. The van der Waals surface area contributed by atoms with Crippen LogP contribution in [0.2, 0.25) is 0 Å². The topological polar surface area (TPSA) is 23.5 Å². The molecule has 0 saturated carbocycles. The smallest absolute Gasteiger partial charge is 0.137 e. The Labute approximate surface area is 145 Å². The van der Waals surface area contributed by atoms with E-state index in [0.29, 0.717) is 0 Å². The van der Waals surface area contributed by atoms with Crippen LogP contribution in [0.1, 0.15) is 29.5 Å². The molecule has 0 spiro atoms. The number of aliphatic hydroxyl groups is 1. The van der Waals surface area contributed by atoms with Crippen molar-refractivity contribution in [1.29, 1.82) is 0 Å². The number of nitrogens with zero attached hydrogens (tertiary/aromatic N) is 1. The van der Waals surface area contributed by atoms with Crippen LogP contribution in [-0.2, 0) is 5.60 Å². The Morgan fingerprint density at radius 1 is 1.14 bits per heavy atom. The van der Waals surface area contributed by atoms with E-state index in [1.165, 1.54) is 25.9 Å². The molecule has 3 rings (SSSR count). The predicted octanol–water partition coefficient (Wildman–Crippen LogP) is 4.36. The second kappa shape index (κ2) is 7.38. The van der Waals surface area contributed by atoms with E-state index >= 15 is 0 Å². The van der Waals surface area contributed by atoms with E-state index in [1.54, 1.807) is 22.7 Å². The maximum atomic E-state index is 11.5. The lowest BCUT2D eigenvalue weighted by Gasteiger charge is -2.35. The Balaban J connectivity index is 0.00000161. The van der Waals surface area contributed by atoms with Gasteiger partial charge < -0.3 is 10.0 Å². The van der Waals surface area contributed by atoms with Gasteiger partial charge in [0.2, 0.25) is 0 Å². The van der Waals surface area contributed by atoms with Gasteiger partial charge in [0.15, 0.2) is 0 Å². The van der Waals surface area contributed by atoms with Crippen molar-refractivity contribution in [2.45, 2.75) is 25.4 Å². The molecule has 0 aliphatic carbocycles. The molecule has 0 amide bonds. The molecule has 21 heavy (non-hydrogen) atoms. The Kier molecular flexibility index (Phi) is 6.03. The zero-order valence-corrected chi connectivity index (χ0v) is 15.5. The summed E-state index contributed by atoms with van der Waals surface area (Å²) in [4.78, 5) is 4.61. The quantitative estimate of drug-likeness (QED) is 0.823. The molecule has 0 bridgehead atoms. The van der Waals surface area contributed by atoms with Crippen LogP contribution in [0.15, 0.2) is 35.0 Å². The van der Waals surface area contributed by atoms with Crippen molar-refractivity contribution in [1.82, 2.24) is 4.90 Å². The Hall–Kier alpha value is -0.200. The molecule has 116 valence electrons. The molecule has 1 unspecified atom stereocenters. The van der Waals surface area contributed by atoms with Crippen LogP contribution in [0.25, 0.3) is 0 Å². The molecule has 2 aromatic heterocycles. The van der Waals surface area contributed by atoms with Crippen molar-refractivity contribution in [3.05, 3.63) is 44.8 Å². The number of likely N-dealkylation sites (tertiary alicyclic amines) is 1. The van der Waals surface area contributed by atoms with Gasteiger partial charge in [-0.1, -0.05) is 19.1 Å². The first-order valence-corrected chi connectivity index (χ1v) is 9.00. The maximum Gasteiger partial charge on any atom is 0.137 e. The standard InChI is InChI=1S/C16H21NOS2.BrH/c1-13(12-17-8-2-3-9-17)16(18,14-6-4-10-19-14)15-7-5-11-20-15;/h4-7,10-11,13,18H,2-3,8-9,12H2,1H3;1H. The second-order valence-corrected chi connectivity index (χ2v) is 7.53. The molecular formula is C16H22BrNOS2. The van der Waals surface area contributed by atoms with Crippen LogP contribution >= 0.6 is 39.7 Å².